The van der Waals surface area contributed by atoms with Crippen LogP contribution in [-0.2, 0) is 18.3 Å². The van der Waals surface area contributed by atoms with E-state index in [-0.39, 0.29) is 12.3 Å². The van der Waals surface area contributed by atoms with Gasteiger partial charge in [0, 0.05) is 30.9 Å². The van der Waals surface area contributed by atoms with Crippen LogP contribution in [0.25, 0.3) is 10.9 Å². The predicted molar refractivity (Wildman–Crippen MR) is 77.3 cm³/mol. The second-order valence-electron chi connectivity index (χ2n) is 4.59. The summed E-state index contributed by atoms with van der Waals surface area (Å²) in [6, 6.07) is 11.5. The van der Waals surface area contributed by atoms with Crippen LogP contribution in [0, 0.1) is 0 Å². The number of aromatic nitrogens is 3. The molecule has 0 atom stereocenters. The number of rotatable bonds is 3. The molecule has 0 aliphatic rings. The van der Waals surface area contributed by atoms with Gasteiger partial charge in [-0.3, -0.25) is 14.5 Å². The number of nitrogens with zero attached hydrogens (tertiary/aromatic N) is 3. The van der Waals surface area contributed by atoms with E-state index in [4.69, 9.17) is 0 Å². The summed E-state index contributed by atoms with van der Waals surface area (Å²) in [6.07, 6.45) is 3.81. The minimum Gasteiger partial charge on any atom is -0.309 e. The van der Waals surface area contributed by atoms with Gasteiger partial charge in [-0.2, -0.15) is 5.10 Å². The number of hydrogen-bond acceptors (Lipinski definition) is 3. The molecule has 5 nitrogen and oxygen atoms in total. The van der Waals surface area contributed by atoms with E-state index in [1.54, 1.807) is 23.1 Å². The zero-order valence-electron chi connectivity index (χ0n) is 11.1. The summed E-state index contributed by atoms with van der Waals surface area (Å²) in [5.74, 6) is 0.465. The van der Waals surface area contributed by atoms with E-state index < -0.39 is 0 Å². The Morgan fingerprint density at radius 2 is 2.10 bits per heavy atom. The molecule has 3 aromatic rings. The molecule has 0 fully saturated rings. The molecule has 0 saturated heterocycles. The number of anilines is 1. The second kappa shape index (κ2) is 5.13. The standard InChI is InChI=1S/C15H14N4O/c1-19-9-7-13(18-19)17-14(20)10-12-5-2-4-11-6-3-8-16-15(11)12/h2-9H,10H2,1H3,(H,17,18,20). The first-order chi connectivity index (χ1) is 9.72. The van der Waals surface area contributed by atoms with Crippen LogP contribution in [-0.4, -0.2) is 20.7 Å². The van der Waals surface area contributed by atoms with Crippen molar-refractivity contribution in [1.82, 2.24) is 14.8 Å². The van der Waals surface area contributed by atoms with Crippen molar-refractivity contribution in [1.29, 1.82) is 0 Å². The van der Waals surface area contributed by atoms with Crippen molar-refractivity contribution in [3.05, 3.63) is 54.4 Å². The third kappa shape index (κ3) is 2.51. The second-order valence-corrected chi connectivity index (χ2v) is 4.59. The summed E-state index contributed by atoms with van der Waals surface area (Å²) in [5, 5.41) is 7.94. The fraction of sp³-hybridized carbons (Fsp3) is 0.133. The van der Waals surface area contributed by atoms with E-state index in [0.29, 0.717) is 5.82 Å². The molecule has 0 aliphatic carbocycles. The van der Waals surface area contributed by atoms with Gasteiger partial charge in [0.25, 0.3) is 0 Å². The number of fused-ring (bicyclic) bond motifs is 1. The van der Waals surface area contributed by atoms with Crippen molar-refractivity contribution >= 4 is 22.6 Å². The minimum absolute atomic E-state index is 0.0955. The Bertz CT molecular complexity index is 758. The smallest absolute Gasteiger partial charge is 0.230 e. The number of hydrogen-bond donors (Lipinski definition) is 1. The summed E-state index contributed by atoms with van der Waals surface area (Å²) in [4.78, 5) is 16.4. The third-order valence-electron chi connectivity index (χ3n) is 3.05. The third-order valence-corrected chi connectivity index (χ3v) is 3.05. The van der Waals surface area contributed by atoms with E-state index in [1.165, 1.54) is 0 Å². The number of carbonyl (C=O) groups is 1. The van der Waals surface area contributed by atoms with Gasteiger partial charge >= 0.3 is 0 Å². The summed E-state index contributed by atoms with van der Waals surface area (Å²) >= 11 is 0. The Morgan fingerprint density at radius 1 is 1.25 bits per heavy atom. The number of para-hydroxylation sites is 1. The number of carbonyl (C=O) groups excluding carboxylic acids is 1. The molecular formula is C15H14N4O. The van der Waals surface area contributed by atoms with Crippen molar-refractivity contribution in [2.45, 2.75) is 6.42 Å². The van der Waals surface area contributed by atoms with Crippen LogP contribution in [0.4, 0.5) is 5.82 Å². The molecule has 100 valence electrons. The highest BCUT2D eigenvalue weighted by Gasteiger charge is 2.09. The van der Waals surface area contributed by atoms with E-state index in [1.807, 2.05) is 37.4 Å². The van der Waals surface area contributed by atoms with Crippen LogP contribution in [0.5, 0.6) is 0 Å². The Balaban J connectivity index is 1.81. The summed E-state index contributed by atoms with van der Waals surface area (Å²) in [6.45, 7) is 0. The van der Waals surface area contributed by atoms with Crippen molar-refractivity contribution in [2.24, 2.45) is 7.05 Å². The maximum absolute atomic E-state index is 12.0. The molecule has 0 aliphatic heterocycles. The number of amides is 1. The molecule has 0 spiro atoms. The number of nitrogens with one attached hydrogen (secondary N) is 1. The molecule has 20 heavy (non-hydrogen) atoms. The van der Waals surface area contributed by atoms with Crippen molar-refractivity contribution in [3.63, 3.8) is 0 Å². The molecule has 1 aromatic carbocycles. The van der Waals surface area contributed by atoms with Crippen LogP contribution in [0.1, 0.15) is 5.56 Å². The first kappa shape index (κ1) is 12.3. The monoisotopic (exact) mass is 266 g/mol. The summed E-state index contributed by atoms with van der Waals surface area (Å²) in [5.41, 5.74) is 1.78. The van der Waals surface area contributed by atoms with Gasteiger partial charge in [0.1, 0.15) is 0 Å². The Morgan fingerprint density at radius 3 is 2.90 bits per heavy atom. The lowest BCUT2D eigenvalue weighted by Crippen LogP contribution is -2.15. The van der Waals surface area contributed by atoms with E-state index in [0.717, 1.165) is 16.5 Å². The van der Waals surface area contributed by atoms with Gasteiger partial charge in [0.2, 0.25) is 5.91 Å². The average Bonchev–Trinajstić information content (AvgIpc) is 2.84. The number of pyridine rings is 1. The van der Waals surface area contributed by atoms with Gasteiger partial charge < -0.3 is 5.32 Å². The summed E-state index contributed by atoms with van der Waals surface area (Å²) in [7, 11) is 1.81. The van der Waals surface area contributed by atoms with E-state index in [2.05, 4.69) is 15.4 Å². The van der Waals surface area contributed by atoms with Crippen LogP contribution < -0.4 is 5.32 Å². The Hall–Kier alpha value is -2.69. The van der Waals surface area contributed by atoms with Gasteiger partial charge in [-0.05, 0) is 11.6 Å². The van der Waals surface area contributed by atoms with Crippen molar-refractivity contribution < 1.29 is 4.79 Å². The van der Waals surface area contributed by atoms with Crippen LogP contribution in [0.2, 0.25) is 0 Å². The molecule has 5 heteroatoms. The molecule has 2 aromatic heterocycles. The molecule has 1 N–H and O–H groups in total. The summed E-state index contributed by atoms with van der Waals surface area (Å²) < 4.78 is 1.65. The van der Waals surface area contributed by atoms with Gasteiger partial charge in [0.15, 0.2) is 5.82 Å². The lowest BCUT2D eigenvalue weighted by Gasteiger charge is -2.05. The molecule has 3 rings (SSSR count). The molecule has 0 radical (unpaired) electrons. The topological polar surface area (TPSA) is 59.8 Å². The zero-order chi connectivity index (χ0) is 13.9. The highest BCUT2D eigenvalue weighted by atomic mass is 16.1. The maximum Gasteiger partial charge on any atom is 0.230 e. The Kier molecular flexibility index (Phi) is 3.16. The quantitative estimate of drug-likeness (QED) is 0.790. The fourth-order valence-electron chi connectivity index (χ4n) is 2.15. The first-order valence-corrected chi connectivity index (χ1v) is 6.34. The van der Waals surface area contributed by atoms with Crippen LogP contribution in [0.15, 0.2) is 48.8 Å². The van der Waals surface area contributed by atoms with E-state index >= 15 is 0 Å². The lowest BCUT2D eigenvalue weighted by atomic mass is 10.1. The number of benzene rings is 1. The highest BCUT2D eigenvalue weighted by molar-refractivity contribution is 5.94. The number of aryl methyl sites for hydroxylation is 1. The average molecular weight is 266 g/mol. The van der Waals surface area contributed by atoms with Gasteiger partial charge in [-0.1, -0.05) is 24.3 Å². The largest absolute Gasteiger partial charge is 0.309 e. The molecule has 0 bridgehead atoms. The predicted octanol–water partition coefficient (Wildman–Crippen LogP) is 2.15. The fourth-order valence-corrected chi connectivity index (χ4v) is 2.15. The molecule has 2 heterocycles. The minimum atomic E-state index is -0.0955. The van der Waals surface area contributed by atoms with Crippen molar-refractivity contribution in [3.8, 4) is 0 Å². The van der Waals surface area contributed by atoms with Gasteiger partial charge in [-0.25, -0.2) is 0 Å². The molecule has 0 unspecified atom stereocenters. The van der Waals surface area contributed by atoms with Gasteiger partial charge in [-0.15, -0.1) is 0 Å². The first-order valence-electron chi connectivity index (χ1n) is 6.34. The lowest BCUT2D eigenvalue weighted by molar-refractivity contribution is -0.115. The SMILES string of the molecule is Cn1ccc(NC(=O)Cc2cccc3cccnc23)n1. The molecule has 0 saturated carbocycles. The normalized spacial score (nSPS) is 10.7. The Labute approximate surface area is 116 Å². The zero-order valence-corrected chi connectivity index (χ0v) is 11.1. The van der Waals surface area contributed by atoms with Crippen molar-refractivity contribution in [2.75, 3.05) is 5.32 Å². The maximum atomic E-state index is 12.0. The van der Waals surface area contributed by atoms with Crippen LogP contribution in [0.3, 0.4) is 0 Å². The molecule has 1 amide bonds. The van der Waals surface area contributed by atoms with Gasteiger partial charge in [0.05, 0.1) is 11.9 Å². The molecular weight excluding hydrogens is 252 g/mol. The highest BCUT2D eigenvalue weighted by Crippen LogP contribution is 2.16. The van der Waals surface area contributed by atoms with Crippen LogP contribution >= 0.6 is 0 Å². The van der Waals surface area contributed by atoms with E-state index in [9.17, 15) is 4.79 Å².